The van der Waals surface area contributed by atoms with Crippen molar-refractivity contribution < 1.29 is 9.53 Å². The molecule has 2 aliphatic heterocycles. The fraction of sp³-hybridized carbons (Fsp3) is 0.667. The molecule has 2 fully saturated rings. The largest absolute Gasteiger partial charge is 0.379 e. The van der Waals surface area contributed by atoms with Crippen molar-refractivity contribution in [2.45, 2.75) is 44.9 Å². The van der Waals surface area contributed by atoms with Gasteiger partial charge in [0.05, 0.1) is 18.7 Å². The Balaban J connectivity index is 1.84. The molecule has 5 heteroatoms. The highest BCUT2D eigenvalue weighted by molar-refractivity contribution is 7.07. The van der Waals surface area contributed by atoms with E-state index in [1.54, 1.807) is 11.3 Å². The van der Waals surface area contributed by atoms with E-state index >= 15 is 0 Å². The molecular formula is C15H22N2O2S. The summed E-state index contributed by atoms with van der Waals surface area (Å²) in [7, 11) is 0. The number of carbonyl (C=O) groups excluding carboxylic acids is 1. The quantitative estimate of drug-likeness (QED) is 0.927. The maximum absolute atomic E-state index is 12.7. The van der Waals surface area contributed by atoms with Crippen LogP contribution >= 0.6 is 11.3 Å². The summed E-state index contributed by atoms with van der Waals surface area (Å²) in [6, 6.07) is 2.27. The van der Waals surface area contributed by atoms with Crippen molar-refractivity contribution in [3.8, 4) is 0 Å². The Morgan fingerprint density at radius 3 is 3.00 bits per heavy atom. The van der Waals surface area contributed by atoms with E-state index in [9.17, 15) is 4.79 Å². The van der Waals surface area contributed by atoms with E-state index in [2.05, 4.69) is 36.0 Å². The SMILES string of the molecule is CC(C)CC1NC(c2ccsc2)N(C2CCOC2)C1=O. The summed E-state index contributed by atoms with van der Waals surface area (Å²) in [5, 5.41) is 7.73. The summed E-state index contributed by atoms with van der Waals surface area (Å²) in [5.74, 6) is 0.754. The zero-order chi connectivity index (χ0) is 14.1. The van der Waals surface area contributed by atoms with Crippen LogP contribution in [0.3, 0.4) is 0 Å². The van der Waals surface area contributed by atoms with Crippen molar-refractivity contribution in [1.29, 1.82) is 0 Å². The van der Waals surface area contributed by atoms with E-state index in [1.807, 2.05) is 4.90 Å². The Kier molecular flexibility index (Phi) is 4.10. The third-order valence-corrected chi connectivity index (χ3v) is 4.76. The molecule has 1 aromatic heterocycles. The number of ether oxygens (including phenoxy) is 1. The van der Waals surface area contributed by atoms with Crippen LogP contribution in [0.2, 0.25) is 0 Å². The summed E-state index contributed by atoms with van der Waals surface area (Å²) in [4.78, 5) is 14.8. The van der Waals surface area contributed by atoms with Gasteiger partial charge < -0.3 is 9.64 Å². The van der Waals surface area contributed by atoms with Gasteiger partial charge in [-0.15, -0.1) is 0 Å². The average molecular weight is 294 g/mol. The maximum Gasteiger partial charge on any atom is 0.241 e. The molecule has 20 heavy (non-hydrogen) atoms. The van der Waals surface area contributed by atoms with E-state index in [-0.39, 0.29) is 24.2 Å². The minimum atomic E-state index is -0.0551. The van der Waals surface area contributed by atoms with Crippen molar-refractivity contribution in [2.75, 3.05) is 13.2 Å². The molecule has 1 N–H and O–H groups in total. The standard InChI is InChI=1S/C15H22N2O2S/c1-10(2)7-13-15(18)17(12-3-5-19-8-12)14(16-13)11-4-6-20-9-11/h4,6,9-10,12-14,16H,3,5,7-8H2,1-2H3. The molecule has 110 valence electrons. The van der Waals surface area contributed by atoms with E-state index in [0.29, 0.717) is 12.5 Å². The van der Waals surface area contributed by atoms with Gasteiger partial charge in [0.1, 0.15) is 6.17 Å². The molecular weight excluding hydrogens is 272 g/mol. The number of nitrogens with zero attached hydrogens (tertiary/aromatic N) is 1. The fourth-order valence-corrected chi connectivity index (χ4v) is 3.79. The first-order valence-electron chi connectivity index (χ1n) is 7.35. The van der Waals surface area contributed by atoms with E-state index < -0.39 is 0 Å². The first-order chi connectivity index (χ1) is 9.66. The van der Waals surface area contributed by atoms with E-state index in [1.165, 1.54) is 5.56 Å². The van der Waals surface area contributed by atoms with Gasteiger partial charge in [-0.05, 0) is 41.1 Å². The number of nitrogens with one attached hydrogen (secondary N) is 1. The van der Waals surface area contributed by atoms with Gasteiger partial charge in [0.15, 0.2) is 0 Å². The molecule has 0 spiro atoms. The van der Waals surface area contributed by atoms with Gasteiger partial charge in [-0.25, -0.2) is 0 Å². The Labute approximate surface area is 124 Å². The number of carbonyl (C=O) groups is 1. The Bertz CT molecular complexity index is 454. The summed E-state index contributed by atoms with van der Waals surface area (Å²) in [6.07, 6.45) is 1.86. The van der Waals surface area contributed by atoms with Crippen molar-refractivity contribution in [3.05, 3.63) is 22.4 Å². The van der Waals surface area contributed by atoms with Gasteiger partial charge in [-0.1, -0.05) is 13.8 Å². The minimum Gasteiger partial charge on any atom is -0.379 e. The number of rotatable bonds is 4. The Hall–Kier alpha value is -0.910. The minimum absolute atomic E-state index is 0.0178. The second-order valence-corrected chi connectivity index (χ2v) is 6.85. The topological polar surface area (TPSA) is 41.6 Å². The van der Waals surface area contributed by atoms with Crippen molar-refractivity contribution in [2.24, 2.45) is 5.92 Å². The lowest BCUT2D eigenvalue weighted by Crippen LogP contribution is -2.40. The molecule has 3 heterocycles. The highest BCUT2D eigenvalue weighted by atomic mass is 32.1. The molecule has 4 nitrogen and oxygen atoms in total. The second kappa shape index (κ2) is 5.84. The first kappa shape index (κ1) is 14.0. The van der Waals surface area contributed by atoms with Gasteiger partial charge >= 0.3 is 0 Å². The van der Waals surface area contributed by atoms with Crippen molar-refractivity contribution in [3.63, 3.8) is 0 Å². The highest BCUT2D eigenvalue weighted by Crippen LogP contribution is 2.32. The molecule has 2 aliphatic rings. The molecule has 0 aliphatic carbocycles. The van der Waals surface area contributed by atoms with Crippen molar-refractivity contribution in [1.82, 2.24) is 10.2 Å². The van der Waals surface area contributed by atoms with Crippen LogP contribution in [0.15, 0.2) is 16.8 Å². The molecule has 3 rings (SSSR count). The van der Waals surface area contributed by atoms with E-state index in [4.69, 9.17) is 4.74 Å². The molecule has 0 radical (unpaired) electrons. The van der Waals surface area contributed by atoms with Gasteiger partial charge in [-0.2, -0.15) is 11.3 Å². The third kappa shape index (κ3) is 2.62. The molecule has 1 aromatic rings. The average Bonchev–Trinajstić information content (AvgIpc) is 3.10. The molecule has 0 bridgehead atoms. The van der Waals surface area contributed by atoms with Crippen LogP contribution in [-0.4, -0.2) is 36.1 Å². The monoisotopic (exact) mass is 294 g/mol. The summed E-state index contributed by atoms with van der Waals surface area (Å²) >= 11 is 1.68. The van der Waals surface area contributed by atoms with Crippen LogP contribution in [0, 0.1) is 5.92 Å². The molecule has 3 unspecified atom stereocenters. The van der Waals surface area contributed by atoms with Crippen LogP contribution in [0.4, 0.5) is 0 Å². The van der Waals surface area contributed by atoms with Crippen molar-refractivity contribution >= 4 is 17.2 Å². The van der Waals surface area contributed by atoms with Crippen LogP contribution in [0.1, 0.15) is 38.4 Å². The third-order valence-electron chi connectivity index (χ3n) is 4.05. The second-order valence-electron chi connectivity index (χ2n) is 6.07. The van der Waals surface area contributed by atoms with Gasteiger partial charge in [-0.3, -0.25) is 10.1 Å². The first-order valence-corrected chi connectivity index (χ1v) is 8.29. The van der Waals surface area contributed by atoms with Crippen LogP contribution in [-0.2, 0) is 9.53 Å². The summed E-state index contributed by atoms with van der Waals surface area (Å²) in [6.45, 7) is 5.76. The number of hydrogen-bond donors (Lipinski definition) is 1. The molecule has 2 saturated heterocycles. The van der Waals surface area contributed by atoms with Gasteiger partial charge in [0.25, 0.3) is 0 Å². The van der Waals surface area contributed by atoms with Gasteiger partial charge in [0, 0.05) is 6.61 Å². The maximum atomic E-state index is 12.7. The zero-order valence-corrected chi connectivity index (χ0v) is 12.9. The van der Waals surface area contributed by atoms with E-state index in [0.717, 1.165) is 19.4 Å². The normalized spacial score (nSPS) is 30.6. The number of thiophene rings is 1. The predicted octanol–water partition coefficient (Wildman–Crippen LogP) is 2.38. The lowest BCUT2D eigenvalue weighted by molar-refractivity contribution is -0.132. The molecule has 0 saturated carbocycles. The Morgan fingerprint density at radius 1 is 1.55 bits per heavy atom. The van der Waals surface area contributed by atoms with Crippen LogP contribution in [0.25, 0.3) is 0 Å². The van der Waals surface area contributed by atoms with Gasteiger partial charge in [0.2, 0.25) is 5.91 Å². The fourth-order valence-electron chi connectivity index (χ4n) is 3.11. The molecule has 1 amide bonds. The lowest BCUT2D eigenvalue weighted by Gasteiger charge is -2.28. The van der Waals surface area contributed by atoms with Crippen LogP contribution in [0.5, 0.6) is 0 Å². The summed E-state index contributed by atoms with van der Waals surface area (Å²) in [5.41, 5.74) is 1.20. The highest BCUT2D eigenvalue weighted by Gasteiger charge is 2.44. The predicted molar refractivity (Wildman–Crippen MR) is 79.5 cm³/mol. The smallest absolute Gasteiger partial charge is 0.241 e. The zero-order valence-electron chi connectivity index (χ0n) is 12.0. The van der Waals surface area contributed by atoms with Crippen LogP contribution < -0.4 is 5.32 Å². The molecule has 0 aromatic carbocycles. The molecule has 3 atom stereocenters. The Morgan fingerprint density at radius 2 is 2.40 bits per heavy atom. The lowest BCUT2D eigenvalue weighted by atomic mass is 10.0. The number of amides is 1. The number of hydrogen-bond acceptors (Lipinski definition) is 4. The summed E-state index contributed by atoms with van der Waals surface area (Å²) < 4.78 is 5.48.